The van der Waals surface area contributed by atoms with Crippen molar-refractivity contribution >= 4 is 17.6 Å². The fourth-order valence-corrected chi connectivity index (χ4v) is 2.14. The summed E-state index contributed by atoms with van der Waals surface area (Å²) in [5.74, 6) is 0.374. The summed E-state index contributed by atoms with van der Waals surface area (Å²) in [4.78, 5) is 16.4. The minimum atomic E-state index is -0.365. The lowest BCUT2D eigenvalue weighted by molar-refractivity contribution is 0.0516. The average Bonchev–Trinajstić information content (AvgIpc) is 2.65. The lowest BCUT2D eigenvalue weighted by Crippen LogP contribution is -2.13. The monoisotopic (exact) mass is 278 g/mol. The predicted molar refractivity (Wildman–Crippen MR) is 74.0 cm³/mol. The number of carbonyl (C=O) groups excluding carboxylic acids is 1. The minimum absolute atomic E-state index is 0.336. The van der Waals surface area contributed by atoms with Crippen molar-refractivity contribution in [2.75, 3.05) is 6.61 Å². The number of rotatable bonds is 3. The molecule has 0 aliphatic rings. The van der Waals surface area contributed by atoms with E-state index < -0.39 is 0 Å². The molecule has 1 aromatic carbocycles. The SMILES string of the molecule is CCOC(=O)c1c(C)nc(C)n1-c1ccc(Cl)cc1. The Morgan fingerprint density at radius 1 is 1.32 bits per heavy atom. The Kier molecular flexibility index (Phi) is 3.90. The molecule has 0 radical (unpaired) electrons. The van der Waals surface area contributed by atoms with Crippen molar-refractivity contribution in [3.63, 3.8) is 0 Å². The van der Waals surface area contributed by atoms with Crippen LogP contribution in [-0.2, 0) is 4.74 Å². The van der Waals surface area contributed by atoms with E-state index in [1.54, 1.807) is 30.5 Å². The third-order valence-electron chi connectivity index (χ3n) is 2.77. The smallest absolute Gasteiger partial charge is 0.357 e. The maximum absolute atomic E-state index is 12.0. The highest BCUT2D eigenvalue weighted by Gasteiger charge is 2.20. The molecule has 4 nitrogen and oxygen atoms in total. The molecule has 0 N–H and O–H groups in total. The Morgan fingerprint density at radius 2 is 1.95 bits per heavy atom. The largest absolute Gasteiger partial charge is 0.461 e. The highest BCUT2D eigenvalue weighted by molar-refractivity contribution is 6.30. The van der Waals surface area contributed by atoms with Crippen LogP contribution in [0.3, 0.4) is 0 Å². The number of halogens is 1. The molecule has 2 rings (SSSR count). The second-order valence-corrected chi connectivity index (χ2v) is 4.56. The van der Waals surface area contributed by atoms with Gasteiger partial charge in [0, 0.05) is 10.7 Å². The first-order chi connectivity index (χ1) is 9.04. The third-order valence-corrected chi connectivity index (χ3v) is 3.03. The quantitative estimate of drug-likeness (QED) is 0.809. The molecule has 0 saturated heterocycles. The zero-order valence-electron chi connectivity index (χ0n) is 11.1. The molecule has 1 aromatic heterocycles. The molecule has 0 aliphatic heterocycles. The van der Waals surface area contributed by atoms with Gasteiger partial charge in [0.1, 0.15) is 5.82 Å². The molecule has 2 aromatic rings. The average molecular weight is 279 g/mol. The van der Waals surface area contributed by atoms with Crippen molar-refractivity contribution < 1.29 is 9.53 Å². The van der Waals surface area contributed by atoms with Crippen molar-refractivity contribution in [2.24, 2.45) is 0 Å². The number of aromatic nitrogens is 2. The predicted octanol–water partition coefficient (Wildman–Crippen LogP) is 3.32. The van der Waals surface area contributed by atoms with Gasteiger partial charge in [-0.15, -0.1) is 0 Å². The highest BCUT2D eigenvalue weighted by Crippen LogP contribution is 2.20. The second-order valence-electron chi connectivity index (χ2n) is 4.13. The van der Waals surface area contributed by atoms with Gasteiger partial charge in [0.15, 0.2) is 5.69 Å². The van der Waals surface area contributed by atoms with Crippen molar-refractivity contribution in [2.45, 2.75) is 20.8 Å². The number of benzene rings is 1. The Labute approximate surface area is 117 Å². The zero-order valence-corrected chi connectivity index (χ0v) is 11.9. The van der Waals surface area contributed by atoms with E-state index in [1.165, 1.54) is 0 Å². The van der Waals surface area contributed by atoms with Gasteiger partial charge in [-0.25, -0.2) is 9.78 Å². The van der Waals surface area contributed by atoms with Crippen LogP contribution < -0.4 is 0 Å². The summed E-state index contributed by atoms with van der Waals surface area (Å²) in [6, 6.07) is 7.25. The maximum Gasteiger partial charge on any atom is 0.357 e. The summed E-state index contributed by atoms with van der Waals surface area (Å²) in [6.07, 6.45) is 0. The molecular weight excluding hydrogens is 264 g/mol. The van der Waals surface area contributed by atoms with E-state index >= 15 is 0 Å². The number of hydrogen-bond donors (Lipinski definition) is 0. The zero-order chi connectivity index (χ0) is 14.0. The molecule has 0 aliphatic carbocycles. The van der Waals surface area contributed by atoms with Crippen LogP contribution in [0.5, 0.6) is 0 Å². The van der Waals surface area contributed by atoms with E-state index in [0.29, 0.717) is 23.0 Å². The van der Waals surface area contributed by atoms with E-state index in [0.717, 1.165) is 11.5 Å². The Morgan fingerprint density at radius 3 is 2.53 bits per heavy atom. The van der Waals surface area contributed by atoms with Gasteiger partial charge in [-0.05, 0) is 45.0 Å². The molecule has 0 fully saturated rings. The van der Waals surface area contributed by atoms with Crippen LogP contribution in [-0.4, -0.2) is 22.1 Å². The molecule has 0 amide bonds. The Bertz CT molecular complexity index is 603. The fraction of sp³-hybridized carbons (Fsp3) is 0.286. The van der Waals surface area contributed by atoms with Crippen LogP contribution in [0.25, 0.3) is 5.69 Å². The lowest BCUT2D eigenvalue weighted by Gasteiger charge is -2.10. The number of carbonyl (C=O) groups is 1. The standard InChI is InChI=1S/C14H15ClN2O2/c1-4-19-14(18)13-9(2)16-10(3)17(13)12-7-5-11(15)6-8-12/h5-8H,4H2,1-3H3. The van der Waals surface area contributed by atoms with Crippen LogP contribution in [0.2, 0.25) is 5.02 Å². The van der Waals surface area contributed by atoms with Crippen molar-refractivity contribution in [3.05, 3.63) is 46.5 Å². The van der Waals surface area contributed by atoms with Gasteiger partial charge in [0.2, 0.25) is 0 Å². The Hall–Kier alpha value is -1.81. The number of ether oxygens (including phenoxy) is 1. The van der Waals surface area contributed by atoms with Crippen molar-refractivity contribution in [1.29, 1.82) is 0 Å². The van der Waals surface area contributed by atoms with Gasteiger partial charge in [-0.2, -0.15) is 0 Å². The van der Waals surface area contributed by atoms with Gasteiger partial charge in [-0.1, -0.05) is 11.6 Å². The molecule has 100 valence electrons. The summed E-state index contributed by atoms with van der Waals surface area (Å²) in [6.45, 7) is 5.77. The number of nitrogens with zero attached hydrogens (tertiary/aromatic N) is 2. The van der Waals surface area contributed by atoms with Crippen LogP contribution >= 0.6 is 11.6 Å². The van der Waals surface area contributed by atoms with Crippen LogP contribution in [0, 0.1) is 13.8 Å². The number of aryl methyl sites for hydroxylation is 2. The molecule has 0 bridgehead atoms. The van der Waals surface area contributed by atoms with Crippen molar-refractivity contribution in [3.8, 4) is 5.69 Å². The van der Waals surface area contributed by atoms with Crippen LogP contribution in [0.4, 0.5) is 0 Å². The summed E-state index contributed by atoms with van der Waals surface area (Å²) in [7, 11) is 0. The molecule has 1 heterocycles. The highest BCUT2D eigenvalue weighted by atomic mass is 35.5. The number of hydrogen-bond acceptors (Lipinski definition) is 3. The van der Waals surface area contributed by atoms with Crippen molar-refractivity contribution in [1.82, 2.24) is 9.55 Å². The van der Waals surface area contributed by atoms with E-state index in [4.69, 9.17) is 16.3 Å². The summed E-state index contributed by atoms with van der Waals surface area (Å²) in [5.41, 5.74) is 1.96. The van der Waals surface area contributed by atoms with E-state index in [9.17, 15) is 4.79 Å². The molecule has 0 unspecified atom stereocenters. The molecule has 0 saturated carbocycles. The molecular formula is C14H15ClN2O2. The number of esters is 1. The summed E-state index contributed by atoms with van der Waals surface area (Å²) < 4.78 is 6.86. The second kappa shape index (κ2) is 5.45. The van der Waals surface area contributed by atoms with Gasteiger partial charge in [0.05, 0.1) is 12.3 Å². The molecule has 0 atom stereocenters. The lowest BCUT2D eigenvalue weighted by atomic mass is 10.3. The normalized spacial score (nSPS) is 10.5. The first kappa shape index (κ1) is 13.6. The van der Waals surface area contributed by atoms with Gasteiger partial charge in [-0.3, -0.25) is 4.57 Å². The minimum Gasteiger partial charge on any atom is -0.461 e. The van der Waals surface area contributed by atoms with Gasteiger partial charge < -0.3 is 4.74 Å². The first-order valence-electron chi connectivity index (χ1n) is 6.03. The van der Waals surface area contributed by atoms with Gasteiger partial charge >= 0.3 is 5.97 Å². The maximum atomic E-state index is 12.0. The molecule has 19 heavy (non-hydrogen) atoms. The van der Waals surface area contributed by atoms with E-state index in [-0.39, 0.29) is 5.97 Å². The summed E-state index contributed by atoms with van der Waals surface area (Å²) in [5, 5.41) is 0.649. The summed E-state index contributed by atoms with van der Waals surface area (Å²) >= 11 is 5.88. The van der Waals surface area contributed by atoms with E-state index in [2.05, 4.69) is 4.98 Å². The van der Waals surface area contributed by atoms with Gasteiger partial charge in [0.25, 0.3) is 0 Å². The number of imidazole rings is 1. The Balaban J connectivity index is 2.56. The fourth-order valence-electron chi connectivity index (χ4n) is 2.01. The third kappa shape index (κ3) is 2.63. The molecule has 0 spiro atoms. The van der Waals surface area contributed by atoms with E-state index in [1.807, 2.05) is 19.1 Å². The van der Waals surface area contributed by atoms with Crippen LogP contribution in [0.15, 0.2) is 24.3 Å². The topological polar surface area (TPSA) is 44.1 Å². The van der Waals surface area contributed by atoms with Crippen LogP contribution in [0.1, 0.15) is 28.9 Å². The first-order valence-corrected chi connectivity index (χ1v) is 6.41. The molecule has 5 heteroatoms.